The van der Waals surface area contributed by atoms with Crippen LogP contribution in [0.2, 0.25) is 0 Å². The second-order valence-electron chi connectivity index (χ2n) is 5.90. The molecular formula is C17H15NO6S. The Labute approximate surface area is 144 Å². The summed E-state index contributed by atoms with van der Waals surface area (Å²) < 4.78 is 37.8. The molecule has 0 spiro atoms. The summed E-state index contributed by atoms with van der Waals surface area (Å²) in [5.74, 6) is 0.142. The first-order chi connectivity index (χ1) is 11.9. The zero-order valence-corrected chi connectivity index (χ0v) is 14.0. The molecule has 1 N–H and O–H groups in total. The second kappa shape index (κ2) is 5.75. The molecule has 0 atom stereocenters. The number of aromatic carboxylic acids is 1. The number of hydrogen-bond donors (Lipinski definition) is 1. The van der Waals surface area contributed by atoms with E-state index in [0.717, 1.165) is 11.1 Å². The molecule has 8 heteroatoms. The van der Waals surface area contributed by atoms with Gasteiger partial charge in [0.2, 0.25) is 16.8 Å². The van der Waals surface area contributed by atoms with Gasteiger partial charge in [-0.2, -0.15) is 4.31 Å². The molecule has 7 nitrogen and oxygen atoms in total. The normalized spacial score (nSPS) is 16.5. The summed E-state index contributed by atoms with van der Waals surface area (Å²) in [6, 6.07) is 9.11. The van der Waals surface area contributed by atoms with E-state index >= 15 is 0 Å². The van der Waals surface area contributed by atoms with E-state index in [-0.39, 0.29) is 23.8 Å². The summed E-state index contributed by atoms with van der Waals surface area (Å²) in [5.41, 5.74) is 1.85. The minimum absolute atomic E-state index is 0.0170. The molecule has 0 bridgehead atoms. The summed E-state index contributed by atoms with van der Waals surface area (Å²) in [6.45, 7) is 0.708. The van der Waals surface area contributed by atoms with E-state index < -0.39 is 16.0 Å². The third-order valence-electron chi connectivity index (χ3n) is 4.39. The van der Waals surface area contributed by atoms with Gasteiger partial charge in [0.05, 0.1) is 10.5 Å². The lowest BCUT2D eigenvalue weighted by molar-refractivity contribution is 0.0696. The molecule has 0 saturated heterocycles. The number of fused-ring (bicyclic) bond motifs is 2. The second-order valence-corrected chi connectivity index (χ2v) is 7.83. The van der Waals surface area contributed by atoms with Gasteiger partial charge in [-0.1, -0.05) is 6.07 Å². The fourth-order valence-corrected chi connectivity index (χ4v) is 4.53. The van der Waals surface area contributed by atoms with E-state index in [4.69, 9.17) is 14.6 Å². The molecule has 0 aromatic heterocycles. The summed E-state index contributed by atoms with van der Waals surface area (Å²) in [4.78, 5) is 11.1. The molecule has 0 saturated carbocycles. The van der Waals surface area contributed by atoms with Gasteiger partial charge in [0.25, 0.3) is 0 Å². The van der Waals surface area contributed by atoms with E-state index in [0.29, 0.717) is 24.5 Å². The van der Waals surface area contributed by atoms with E-state index in [1.165, 1.54) is 28.6 Å². The first-order valence-corrected chi connectivity index (χ1v) is 9.14. The van der Waals surface area contributed by atoms with Crippen LogP contribution in [-0.4, -0.2) is 37.1 Å². The van der Waals surface area contributed by atoms with Crippen LogP contribution in [0.4, 0.5) is 0 Å². The van der Waals surface area contributed by atoms with Crippen molar-refractivity contribution in [2.75, 3.05) is 13.3 Å². The van der Waals surface area contributed by atoms with Crippen molar-refractivity contribution in [2.24, 2.45) is 0 Å². The number of rotatable bonds is 3. The number of ether oxygens (including phenoxy) is 2. The SMILES string of the molecule is O=C(O)c1cccc(S(=O)(=O)N2CCc3cc4c(cc3C2)OCO4)c1. The van der Waals surface area contributed by atoms with E-state index in [1.807, 2.05) is 12.1 Å². The van der Waals surface area contributed by atoms with Crippen LogP contribution in [-0.2, 0) is 23.0 Å². The van der Waals surface area contributed by atoms with Crippen molar-refractivity contribution in [2.45, 2.75) is 17.9 Å². The molecule has 0 fully saturated rings. The van der Waals surface area contributed by atoms with Gasteiger partial charge in [-0.25, -0.2) is 13.2 Å². The first-order valence-electron chi connectivity index (χ1n) is 7.70. The summed E-state index contributed by atoms with van der Waals surface area (Å²) >= 11 is 0. The van der Waals surface area contributed by atoms with Gasteiger partial charge in [0.15, 0.2) is 11.5 Å². The Hall–Kier alpha value is -2.58. The average molecular weight is 361 g/mol. The Morgan fingerprint density at radius 3 is 2.52 bits per heavy atom. The minimum Gasteiger partial charge on any atom is -0.478 e. The Morgan fingerprint density at radius 1 is 1.08 bits per heavy atom. The number of carboxylic acids is 1. The molecule has 2 aromatic rings. The maximum absolute atomic E-state index is 12.9. The quantitative estimate of drug-likeness (QED) is 0.897. The van der Waals surface area contributed by atoms with Crippen molar-refractivity contribution in [3.8, 4) is 11.5 Å². The molecule has 0 unspecified atom stereocenters. The standard InChI is InChI=1S/C17H15NO6S/c19-17(20)12-2-1-3-14(6-12)25(21,22)18-5-4-11-7-15-16(24-10-23-15)8-13(11)9-18/h1-3,6-8H,4-5,9-10H2,(H,19,20). The van der Waals surface area contributed by atoms with Gasteiger partial charge in [-0.3, -0.25) is 0 Å². The van der Waals surface area contributed by atoms with Crippen molar-refractivity contribution < 1.29 is 27.8 Å². The monoisotopic (exact) mass is 361 g/mol. The Kier molecular flexibility index (Phi) is 3.66. The van der Waals surface area contributed by atoms with Gasteiger partial charge < -0.3 is 14.6 Å². The maximum Gasteiger partial charge on any atom is 0.335 e. The lowest BCUT2D eigenvalue weighted by Crippen LogP contribution is -2.36. The van der Waals surface area contributed by atoms with E-state index in [1.54, 1.807) is 0 Å². The lowest BCUT2D eigenvalue weighted by atomic mass is 10.0. The number of hydrogen-bond acceptors (Lipinski definition) is 5. The third-order valence-corrected chi connectivity index (χ3v) is 6.23. The number of benzene rings is 2. The van der Waals surface area contributed by atoms with Crippen molar-refractivity contribution in [1.29, 1.82) is 0 Å². The molecule has 0 aliphatic carbocycles. The van der Waals surface area contributed by atoms with Gasteiger partial charge >= 0.3 is 5.97 Å². The van der Waals surface area contributed by atoms with Gasteiger partial charge in [0, 0.05) is 13.1 Å². The highest BCUT2D eigenvalue weighted by molar-refractivity contribution is 7.89. The predicted molar refractivity (Wildman–Crippen MR) is 87.3 cm³/mol. The summed E-state index contributed by atoms with van der Waals surface area (Å²) in [5, 5.41) is 9.07. The number of sulfonamides is 1. The van der Waals surface area contributed by atoms with E-state index in [9.17, 15) is 13.2 Å². The smallest absolute Gasteiger partial charge is 0.335 e. The molecule has 2 aliphatic rings. The molecular weight excluding hydrogens is 346 g/mol. The fraction of sp³-hybridized carbons (Fsp3) is 0.235. The molecule has 2 heterocycles. The highest BCUT2D eigenvalue weighted by atomic mass is 32.2. The van der Waals surface area contributed by atoms with Gasteiger partial charge in [-0.15, -0.1) is 0 Å². The molecule has 130 valence electrons. The van der Waals surface area contributed by atoms with Crippen LogP contribution in [0.5, 0.6) is 11.5 Å². The molecule has 25 heavy (non-hydrogen) atoms. The molecule has 2 aromatic carbocycles. The highest BCUT2D eigenvalue weighted by Crippen LogP contribution is 2.37. The lowest BCUT2D eigenvalue weighted by Gasteiger charge is -2.28. The summed E-state index contributed by atoms with van der Waals surface area (Å²) in [6.07, 6.45) is 0.559. The minimum atomic E-state index is -3.78. The van der Waals surface area contributed by atoms with Crippen LogP contribution in [0, 0.1) is 0 Å². The molecule has 0 amide bonds. The number of carboxylic acid groups (broad SMARTS) is 1. The molecule has 0 radical (unpaired) electrons. The van der Waals surface area contributed by atoms with Crippen LogP contribution in [0.3, 0.4) is 0 Å². The molecule has 2 aliphatic heterocycles. The maximum atomic E-state index is 12.9. The van der Waals surface area contributed by atoms with Crippen LogP contribution < -0.4 is 9.47 Å². The first kappa shape index (κ1) is 15.9. The Morgan fingerprint density at radius 2 is 1.80 bits per heavy atom. The van der Waals surface area contributed by atoms with Crippen molar-refractivity contribution >= 4 is 16.0 Å². The third kappa shape index (κ3) is 2.73. The van der Waals surface area contributed by atoms with Crippen LogP contribution in [0.25, 0.3) is 0 Å². The number of nitrogens with zero attached hydrogens (tertiary/aromatic N) is 1. The van der Waals surface area contributed by atoms with Crippen molar-refractivity contribution in [3.63, 3.8) is 0 Å². The topological polar surface area (TPSA) is 93.1 Å². The van der Waals surface area contributed by atoms with Crippen molar-refractivity contribution in [3.05, 3.63) is 53.1 Å². The fourth-order valence-electron chi connectivity index (χ4n) is 3.06. The zero-order valence-electron chi connectivity index (χ0n) is 13.1. The summed E-state index contributed by atoms with van der Waals surface area (Å²) in [7, 11) is -3.78. The predicted octanol–water partition coefficient (Wildman–Crippen LogP) is 1.86. The average Bonchev–Trinajstić information content (AvgIpc) is 3.06. The van der Waals surface area contributed by atoms with Crippen LogP contribution >= 0.6 is 0 Å². The van der Waals surface area contributed by atoms with Gasteiger partial charge in [-0.05, 0) is 47.9 Å². The zero-order chi connectivity index (χ0) is 17.6. The Bertz CT molecular complexity index is 969. The van der Waals surface area contributed by atoms with Crippen LogP contribution in [0.15, 0.2) is 41.3 Å². The number of carbonyl (C=O) groups is 1. The van der Waals surface area contributed by atoms with Gasteiger partial charge in [0.1, 0.15) is 0 Å². The largest absolute Gasteiger partial charge is 0.478 e. The Balaban J connectivity index is 1.66. The van der Waals surface area contributed by atoms with Crippen LogP contribution in [0.1, 0.15) is 21.5 Å². The highest BCUT2D eigenvalue weighted by Gasteiger charge is 2.30. The van der Waals surface area contributed by atoms with E-state index in [2.05, 4.69) is 0 Å². The molecule has 4 rings (SSSR count). The van der Waals surface area contributed by atoms with Crippen molar-refractivity contribution in [1.82, 2.24) is 4.31 Å².